The fraction of sp³-hybridized carbons (Fsp3) is 0.348. The SMILES string of the molecule is COCc1cccc(C(=O)NC2CCC(Oc3ccc4ncccc4c3)CC2)n1. The zero-order valence-corrected chi connectivity index (χ0v) is 16.5. The molecule has 0 aliphatic heterocycles. The first-order valence-electron chi connectivity index (χ1n) is 9.98. The van der Waals surface area contributed by atoms with Crippen LogP contribution in [-0.2, 0) is 11.3 Å². The lowest BCUT2D eigenvalue weighted by Crippen LogP contribution is -2.40. The molecule has 0 bridgehead atoms. The number of nitrogens with zero attached hydrogens (tertiary/aromatic N) is 2. The van der Waals surface area contributed by atoms with Crippen LogP contribution in [0.15, 0.2) is 54.7 Å². The van der Waals surface area contributed by atoms with Crippen LogP contribution in [0.5, 0.6) is 5.75 Å². The number of hydrogen-bond acceptors (Lipinski definition) is 5. The number of carbonyl (C=O) groups excluding carboxylic acids is 1. The first kappa shape index (κ1) is 19.3. The minimum Gasteiger partial charge on any atom is -0.490 e. The molecular weight excluding hydrogens is 366 g/mol. The zero-order valence-electron chi connectivity index (χ0n) is 16.5. The number of nitrogens with one attached hydrogen (secondary N) is 1. The average Bonchev–Trinajstić information content (AvgIpc) is 2.75. The fourth-order valence-corrected chi connectivity index (χ4v) is 3.74. The number of benzene rings is 1. The first-order valence-corrected chi connectivity index (χ1v) is 9.98. The molecule has 0 radical (unpaired) electrons. The van der Waals surface area contributed by atoms with Crippen molar-refractivity contribution >= 4 is 16.8 Å². The second-order valence-electron chi connectivity index (χ2n) is 7.37. The van der Waals surface area contributed by atoms with E-state index in [0.717, 1.165) is 48.0 Å². The van der Waals surface area contributed by atoms with Crippen LogP contribution in [0.1, 0.15) is 41.9 Å². The molecule has 0 atom stereocenters. The Bertz CT molecular complexity index is 984. The summed E-state index contributed by atoms with van der Waals surface area (Å²) >= 11 is 0. The molecule has 0 unspecified atom stereocenters. The third-order valence-corrected chi connectivity index (χ3v) is 5.22. The lowest BCUT2D eigenvalue weighted by molar-refractivity contribution is 0.0888. The Labute approximate surface area is 170 Å². The van der Waals surface area contributed by atoms with Crippen LogP contribution in [-0.4, -0.2) is 35.1 Å². The minimum atomic E-state index is -0.130. The van der Waals surface area contributed by atoms with Gasteiger partial charge in [-0.25, -0.2) is 4.98 Å². The maximum Gasteiger partial charge on any atom is 0.270 e. The van der Waals surface area contributed by atoms with E-state index in [-0.39, 0.29) is 18.1 Å². The highest BCUT2D eigenvalue weighted by Crippen LogP contribution is 2.26. The molecular formula is C23H25N3O3. The molecule has 4 rings (SSSR count). The van der Waals surface area contributed by atoms with Gasteiger partial charge in [0.2, 0.25) is 0 Å². The van der Waals surface area contributed by atoms with E-state index in [2.05, 4.69) is 15.3 Å². The smallest absolute Gasteiger partial charge is 0.270 e. The zero-order chi connectivity index (χ0) is 20.1. The lowest BCUT2D eigenvalue weighted by Gasteiger charge is -2.29. The van der Waals surface area contributed by atoms with Crippen LogP contribution in [0.4, 0.5) is 0 Å². The maximum absolute atomic E-state index is 12.5. The van der Waals surface area contributed by atoms with Crippen molar-refractivity contribution in [2.75, 3.05) is 7.11 Å². The summed E-state index contributed by atoms with van der Waals surface area (Å²) in [6.45, 7) is 0.397. The summed E-state index contributed by atoms with van der Waals surface area (Å²) in [6, 6.07) is 15.5. The Morgan fingerprint density at radius 2 is 1.97 bits per heavy atom. The summed E-state index contributed by atoms with van der Waals surface area (Å²) < 4.78 is 11.3. The predicted octanol–water partition coefficient (Wildman–Crippen LogP) is 3.90. The van der Waals surface area contributed by atoms with Crippen molar-refractivity contribution in [2.45, 2.75) is 44.4 Å². The summed E-state index contributed by atoms with van der Waals surface area (Å²) in [5, 5.41) is 4.18. The second kappa shape index (κ2) is 9.01. The highest BCUT2D eigenvalue weighted by molar-refractivity contribution is 5.92. The van der Waals surface area contributed by atoms with E-state index in [1.807, 2.05) is 42.5 Å². The van der Waals surface area contributed by atoms with Crippen LogP contribution in [0, 0.1) is 0 Å². The largest absolute Gasteiger partial charge is 0.490 e. The van der Waals surface area contributed by atoms with Crippen molar-refractivity contribution in [1.29, 1.82) is 0 Å². The van der Waals surface area contributed by atoms with Gasteiger partial charge in [0.25, 0.3) is 5.91 Å². The normalized spacial score (nSPS) is 19.1. The third-order valence-electron chi connectivity index (χ3n) is 5.22. The molecule has 29 heavy (non-hydrogen) atoms. The molecule has 6 heteroatoms. The maximum atomic E-state index is 12.5. The van der Waals surface area contributed by atoms with Gasteiger partial charge in [-0.1, -0.05) is 12.1 Å². The van der Waals surface area contributed by atoms with Gasteiger partial charge in [0.15, 0.2) is 0 Å². The molecule has 3 aromatic rings. The topological polar surface area (TPSA) is 73.3 Å². The molecule has 1 fully saturated rings. The van der Waals surface area contributed by atoms with Crippen molar-refractivity contribution in [3.63, 3.8) is 0 Å². The number of fused-ring (bicyclic) bond motifs is 1. The molecule has 150 valence electrons. The molecule has 0 spiro atoms. The number of aromatic nitrogens is 2. The van der Waals surface area contributed by atoms with Gasteiger partial charge in [-0.15, -0.1) is 0 Å². The van der Waals surface area contributed by atoms with E-state index in [9.17, 15) is 4.79 Å². The summed E-state index contributed by atoms with van der Waals surface area (Å²) in [4.78, 5) is 21.2. The van der Waals surface area contributed by atoms with Gasteiger partial charge in [-0.2, -0.15) is 0 Å². The highest BCUT2D eigenvalue weighted by atomic mass is 16.5. The number of amides is 1. The third kappa shape index (κ3) is 4.90. The first-order chi connectivity index (χ1) is 14.2. The van der Waals surface area contributed by atoms with Gasteiger partial charge in [0, 0.05) is 24.7 Å². The molecule has 2 aromatic heterocycles. The van der Waals surface area contributed by atoms with Crippen LogP contribution >= 0.6 is 0 Å². The van der Waals surface area contributed by atoms with Crippen molar-refractivity contribution in [3.8, 4) is 5.75 Å². The molecule has 1 aromatic carbocycles. The molecule has 1 amide bonds. The monoisotopic (exact) mass is 391 g/mol. The molecule has 0 saturated heterocycles. The Balaban J connectivity index is 1.29. The quantitative estimate of drug-likeness (QED) is 0.690. The lowest BCUT2D eigenvalue weighted by atomic mass is 9.92. The molecule has 1 aliphatic rings. The van der Waals surface area contributed by atoms with Crippen molar-refractivity contribution in [3.05, 3.63) is 66.1 Å². The summed E-state index contributed by atoms with van der Waals surface area (Å²) in [5.74, 6) is 0.742. The molecule has 1 aliphatic carbocycles. The van der Waals surface area contributed by atoms with Crippen LogP contribution in [0.25, 0.3) is 10.9 Å². The molecule has 1 N–H and O–H groups in total. The Hall–Kier alpha value is -2.99. The number of pyridine rings is 2. The fourth-order valence-electron chi connectivity index (χ4n) is 3.74. The van der Waals surface area contributed by atoms with E-state index < -0.39 is 0 Å². The van der Waals surface area contributed by atoms with Gasteiger partial charge in [-0.05, 0) is 62.1 Å². The van der Waals surface area contributed by atoms with Crippen molar-refractivity contribution < 1.29 is 14.3 Å². The number of carbonyl (C=O) groups is 1. The number of hydrogen-bond donors (Lipinski definition) is 1. The van der Waals surface area contributed by atoms with Gasteiger partial charge in [0.1, 0.15) is 11.4 Å². The molecule has 6 nitrogen and oxygen atoms in total. The Morgan fingerprint density at radius 1 is 1.10 bits per heavy atom. The van der Waals surface area contributed by atoms with Crippen LogP contribution < -0.4 is 10.1 Å². The Morgan fingerprint density at radius 3 is 2.79 bits per heavy atom. The average molecular weight is 391 g/mol. The number of rotatable bonds is 6. The molecule has 1 saturated carbocycles. The molecule has 2 heterocycles. The second-order valence-corrected chi connectivity index (χ2v) is 7.37. The van der Waals surface area contributed by atoms with Gasteiger partial charge in [-0.3, -0.25) is 9.78 Å². The van der Waals surface area contributed by atoms with E-state index in [1.54, 1.807) is 19.4 Å². The van der Waals surface area contributed by atoms with Gasteiger partial charge < -0.3 is 14.8 Å². The summed E-state index contributed by atoms with van der Waals surface area (Å²) in [6.07, 6.45) is 5.56. The van der Waals surface area contributed by atoms with Gasteiger partial charge in [0.05, 0.1) is 23.9 Å². The standard InChI is InChI=1S/C23H25N3O3/c1-28-15-18-5-2-6-22(25-18)23(27)26-17-7-9-19(10-8-17)29-20-11-12-21-16(14-20)4-3-13-24-21/h2-6,11-14,17,19H,7-10,15H2,1H3,(H,26,27). The van der Waals surface area contributed by atoms with Crippen molar-refractivity contribution in [2.24, 2.45) is 0 Å². The van der Waals surface area contributed by atoms with Crippen LogP contribution in [0.2, 0.25) is 0 Å². The number of methoxy groups -OCH3 is 1. The predicted molar refractivity (Wildman–Crippen MR) is 111 cm³/mol. The van der Waals surface area contributed by atoms with E-state index in [0.29, 0.717) is 12.3 Å². The summed E-state index contributed by atoms with van der Waals surface area (Å²) in [7, 11) is 1.61. The van der Waals surface area contributed by atoms with Crippen molar-refractivity contribution in [1.82, 2.24) is 15.3 Å². The van der Waals surface area contributed by atoms with E-state index >= 15 is 0 Å². The van der Waals surface area contributed by atoms with E-state index in [1.165, 1.54) is 0 Å². The van der Waals surface area contributed by atoms with Crippen LogP contribution in [0.3, 0.4) is 0 Å². The van der Waals surface area contributed by atoms with E-state index in [4.69, 9.17) is 9.47 Å². The highest BCUT2D eigenvalue weighted by Gasteiger charge is 2.24. The number of ether oxygens (including phenoxy) is 2. The summed E-state index contributed by atoms with van der Waals surface area (Å²) in [5.41, 5.74) is 2.15. The minimum absolute atomic E-state index is 0.130. The Kier molecular flexibility index (Phi) is 6.00. The van der Waals surface area contributed by atoms with Gasteiger partial charge >= 0.3 is 0 Å².